The van der Waals surface area contributed by atoms with Crippen LogP contribution in [0.25, 0.3) is 0 Å². The molecule has 0 bridgehead atoms. The van der Waals surface area contributed by atoms with Crippen molar-refractivity contribution in [3.05, 3.63) is 0 Å². The Labute approximate surface area is 109 Å². The molecule has 1 N–H and O–H groups in total. The zero-order chi connectivity index (χ0) is 13.9. The molecule has 1 rings (SSSR count). The Hall–Kier alpha value is -1.06. The van der Waals surface area contributed by atoms with E-state index in [1.807, 2.05) is 0 Å². The molecule has 4 nitrogen and oxygen atoms in total. The molecule has 1 saturated heterocycles. The molecule has 18 heavy (non-hydrogen) atoms. The second-order valence-corrected chi connectivity index (χ2v) is 5.98. The fraction of sp³-hybridized carbons (Fsp3) is 0.857. The van der Waals surface area contributed by atoms with E-state index in [1.54, 1.807) is 4.90 Å². The molecule has 0 aromatic carbocycles. The normalized spacial score (nSPS) is 20.8. The predicted molar refractivity (Wildman–Crippen MR) is 70.1 cm³/mol. The number of carbonyl (C=O) groups excluding carboxylic acids is 1. The van der Waals surface area contributed by atoms with Crippen molar-refractivity contribution in [3.63, 3.8) is 0 Å². The zero-order valence-electron chi connectivity index (χ0n) is 11.8. The summed E-state index contributed by atoms with van der Waals surface area (Å²) in [4.78, 5) is 25.3. The van der Waals surface area contributed by atoms with Crippen molar-refractivity contribution in [2.24, 2.45) is 23.7 Å². The highest BCUT2D eigenvalue weighted by Crippen LogP contribution is 2.26. The Morgan fingerprint density at radius 1 is 1.17 bits per heavy atom. The molecule has 0 spiro atoms. The number of amides is 1. The largest absolute Gasteiger partial charge is 0.481 e. The number of hydrogen-bond donors (Lipinski definition) is 1. The maximum absolute atomic E-state index is 12.5. The van der Waals surface area contributed by atoms with E-state index in [-0.39, 0.29) is 17.7 Å². The molecular weight excluding hydrogens is 230 g/mol. The van der Waals surface area contributed by atoms with Crippen LogP contribution >= 0.6 is 0 Å². The van der Waals surface area contributed by atoms with Gasteiger partial charge in [0.1, 0.15) is 0 Å². The molecule has 1 amide bonds. The SMILES string of the molecule is CC(C)C(C(=O)N1CCC[C@H](C(=O)O)C1)C(C)C. The highest BCUT2D eigenvalue weighted by Gasteiger charge is 2.34. The maximum Gasteiger partial charge on any atom is 0.308 e. The molecular formula is C14H25NO3. The van der Waals surface area contributed by atoms with Gasteiger partial charge in [-0.3, -0.25) is 9.59 Å². The van der Waals surface area contributed by atoms with E-state index < -0.39 is 5.97 Å². The van der Waals surface area contributed by atoms with Gasteiger partial charge in [0.25, 0.3) is 0 Å². The average Bonchev–Trinajstić information content (AvgIpc) is 2.28. The van der Waals surface area contributed by atoms with E-state index in [4.69, 9.17) is 5.11 Å². The molecule has 0 saturated carbocycles. The van der Waals surface area contributed by atoms with Crippen LogP contribution < -0.4 is 0 Å². The van der Waals surface area contributed by atoms with Gasteiger partial charge in [-0.1, -0.05) is 27.7 Å². The van der Waals surface area contributed by atoms with Gasteiger partial charge in [-0.2, -0.15) is 0 Å². The van der Waals surface area contributed by atoms with Gasteiger partial charge in [0.05, 0.1) is 5.92 Å². The van der Waals surface area contributed by atoms with Crippen LogP contribution in [0.3, 0.4) is 0 Å². The van der Waals surface area contributed by atoms with Gasteiger partial charge >= 0.3 is 5.97 Å². The molecule has 1 aliphatic rings. The Bertz CT molecular complexity index is 304. The second kappa shape index (κ2) is 6.21. The van der Waals surface area contributed by atoms with Gasteiger partial charge in [-0.05, 0) is 24.7 Å². The fourth-order valence-corrected chi connectivity index (χ4v) is 2.93. The van der Waals surface area contributed by atoms with E-state index in [0.29, 0.717) is 31.3 Å². The van der Waals surface area contributed by atoms with Crippen molar-refractivity contribution < 1.29 is 14.7 Å². The zero-order valence-corrected chi connectivity index (χ0v) is 11.8. The van der Waals surface area contributed by atoms with Crippen LogP contribution in [0.1, 0.15) is 40.5 Å². The first kappa shape index (κ1) is 15.0. The third-order valence-corrected chi connectivity index (χ3v) is 3.80. The number of likely N-dealkylation sites (tertiary alicyclic amines) is 1. The summed E-state index contributed by atoms with van der Waals surface area (Å²) < 4.78 is 0. The van der Waals surface area contributed by atoms with Gasteiger partial charge in [0, 0.05) is 19.0 Å². The minimum absolute atomic E-state index is 0.00227. The topological polar surface area (TPSA) is 57.6 Å². The first-order valence-corrected chi connectivity index (χ1v) is 6.86. The minimum atomic E-state index is -0.779. The number of hydrogen-bond acceptors (Lipinski definition) is 2. The summed E-state index contributed by atoms with van der Waals surface area (Å²) in [6.45, 7) is 9.31. The van der Waals surface area contributed by atoms with E-state index in [2.05, 4.69) is 27.7 Å². The van der Waals surface area contributed by atoms with E-state index in [0.717, 1.165) is 6.42 Å². The van der Waals surface area contributed by atoms with Gasteiger partial charge in [-0.25, -0.2) is 0 Å². The van der Waals surface area contributed by atoms with Crippen LogP contribution in [0, 0.1) is 23.7 Å². The lowest BCUT2D eigenvalue weighted by molar-refractivity contribution is -0.147. The molecule has 0 aromatic heterocycles. The molecule has 0 unspecified atom stereocenters. The average molecular weight is 255 g/mol. The van der Waals surface area contributed by atoms with Crippen molar-refractivity contribution in [1.82, 2.24) is 4.90 Å². The van der Waals surface area contributed by atoms with Gasteiger partial charge in [0.15, 0.2) is 0 Å². The molecule has 0 aromatic rings. The monoisotopic (exact) mass is 255 g/mol. The lowest BCUT2D eigenvalue weighted by Gasteiger charge is -2.35. The van der Waals surface area contributed by atoms with Crippen molar-refractivity contribution >= 4 is 11.9 Å². The van der Waals surface area contributed by atoms with Crippen LogP contribution in [-0.4, -0.2) is 35.0 Å². The lowest BCUT2D eigenvalue weighted by Crippen LogP contribution is -2.47. The summed E-state index contributed by atoms with van der Waals surface area (Å²) in [6, 6.07) is 0. The highest BCUT2D eigenvalue weighted by molar-refractivity contribution is 5.80. The summed E-state index contributed by atoms with van der Waals surface area (Å²) in [7, 11) is 0. The molecule has 0 radical (unpaired) electrons. The third-order valence-electron chi connectivity index (χ3n) is 3.80. The summed E-state index contributed by atoms with van der Waals surface area (Å²) in [5.74, 6) is -0.449. The first-order chi connectivity index (χ1) is 8.34. The van der Waals surface area contributed by atoms with Crippen molar-refractivity contribution in [3.8, 4) is 0 Å². The van der Waals surface area contributed by atoms with Crippen molar-refractivity contribution in [1.29, 1.82) is 0 Å². The van der Waals surface area contributed by atoms with Crippen LogP contribution in [0.4, 0.5) is 0 Å². The summed E-state index contributed by atoms with van der Waals surface area (Å²) in [5, 5.41) is 9.06. The van der Waals surface area contributed by atoms with Gasteiger partial charge in [-0.15, -0.1) is 0 Å². The maximum atomic E-state index is 12.5. The summed E-state index contributed by atoms with van der Waals surface area (Å²) in [6.07, 6.45) is 1.48. The van der Waals surface area contributed by atoms with Crippen LogP contribution in [0.15, 0.2) is 0 Å². The molecule has 0 aliphatic carbocycles. The van der Waals surface area contributed by atoms with Crippen LogP contribution in [0.2, 0.25) is 0 Å². The number of nitrogens with zero attached hydrogens (tertiary/aromatic N) is 1. The third kappa shape index (κ3) is 3.47. The quantitative estimate of drug-likeness (QED) is 0.838. The molecule has 104 valence electrons. The molecule has 1 aliphatic heterocycles. The van der Waals surface area contributed by atoms with E-state index in [9.17, 15) is 9.59 Å². The number of carboxylic acid groups (broad SMARTS) is 1. The Kier molecular flexibility index (Phi) is 5.17. The van der Waals surface area contributed by atoms with Crippen LogP contribution in [-0.2, 0) is 9.59 Å². The Morgan fingerprint density at radius 3 is 2.17 bits per heavy atom. The lowest BCUT2D eigenvalue weighted by atomic mass is 9.83. The van der Waals surface area contributed by atoms with Crippen molar-refractivity contribution in [2.75, 3.05) is 13.1 Å². The molecule has 1 fully saturated rings. The van der Waals surface area contributed by atoms with Crippen LogP contribution in [0.5, 0.6) is 0 Å². The van der Waals surface area contributed by atoms with Gasteiger partial charge in [0.2, 0.25) is 5.91 Å². The Balaban J connectivity index is 2.73. The Morgan fingerprint density at radius 2 is 1.72 bits per heavy atom. The number of piperidine rings is 1. The summed E-state index contributed by atoms with van der Waals surface area (Å²) >= 11 is 0. The fourth-order valence-electron chi connectivity index (χ4n) is 2.93. The number of carbonyl (C=O) groups is 2. The molecule has 4 heteroatoms. The van der Waals surface area contributed by atoms with E-state index >= 15 is 0 Å². The van der Waals surface area contributed by atoms with Crippen molar-refractivity contribution in [2.45, 2.75) is 40.5 Å². The number of carboxylic acids is 1. The van der Waals surface area contributed by atoms with E-state index in [1.165, 1.54) is 0 Å². The standard InChI is InChI=1S/C14H25NO3/c1-9(2)12(10(3)4)13(16)15-7-5-6-11(8-15)14(17)18/h9-12H,5-8H2,1-4H3,(H,17,18)/t11-/m0/s1. The second-order valence-electron chi connectivity index (χ2n) is 5.98. The highest BCUT2D eigenvalue weighted by atomic mass is 16.4. The first-order valence-electron chi connectivity index (χ1n) is 6.86. The molecule has 1 atom stereocenters. The molecule has 1 heterocycles. The number of rotatable bonds is 4. The van der Waals surface area contributed by atoms with Gasteiger partial charge < -0.3 is 10.0 Å². The predicted octanol–water partition coefficient (Wildman–Crippen LogP) is 2.24. The smallest absolute Gasteiger partial charge is 0.308 e. The minimum Gasteiger partial charge on any atom is -0.481 e. The number of aliphatic carboxylic acids is 1. The summed E-state index contributed by atoms with van der Waals surface area (Å²) in [5.41, 5.74) is 0.